The Labute approximate surface area is 91.5 Å². The Morgan fingerprint density at radius 3 is 2.60 bits per heavy atom. The summed E-state index contributed by atoms with van der Waals surface area (Å²) in [5.41, 5.74) is 2.72. The lowest BCUT2D eigenvalue weighted by molar-refractivity contribution is -0.120. The lowest BCUT2D eigenvalue weighted by Gasteiger charge is -2.21. The van der Waals surface area contributed by atoms with Crippen LogP contribution in [0.5, 0.6) is 0 Å². The first-order valence-electron chi connectivity index (χ1n) is 5.90. The van der Waals surface area contributed by atoms with Crippen LogP contribution in [0, 0.1) is 0 Å². The van der Waals surface area contributed by atoms with Crippen LogP contribution in [0.15, 0.2) is 24.3 Å². The van der Waals surface area contributed by atoms with E-state index in [0.717, 1.165) is 25.7 Å². The molecule has 1 aromatic carbocycles. The number of aryl methyl sites for hydroxylation is 1. The van der Waals surface area contributed by atoms with Crippen LogP contribution in [0.2, 0.25) is 0 Å². The van der Waals surface area contributed by atoms with E-state index in [9.17, 15) is 4.79 Å². The summed E-state index contributed by atoms with van der Waals surface area (Å²) in [5, 5.41) is 0. The van der Waals surface area contributed by atoms with Crippen LogP contribution in [-0.4, -0.2) is 5.78 Å². The molecule has 0 aliphatic heterocycles. The minimum atomic E-state index is 0.436. The molecule has 15 heavy (non-hydrogen) atoms. The zero-order chi connectivity index (χ0) is 10.7. The Bertz CT molecular complexity index is 337. The van der Waals surface area contributed by atoms with E-state index in [1.807, 2.05) is 0 Å². The lowest BCUT2D eigenvalue weighted by Crippen LogP contribution is -2.13. The predicted octanol–water partition coefficient (Wildman–Crippen LogP) is 3.48. The molecule has 0 aromatic heterocycles. The first-order valence-corrected chi connectivity index (χ1v) is 5.90. The van der Waals surface area contributed by atoms with Gasteiger partial charge in [-0.3, -0.25) is 4.79 Å². The summed E-state index contributed by atoms with van der Waals surface area (Å²) in [7, 11) is 0. The Morgan fingerprint density at radius 1 is 1.27 bits per heavy atom. The molecule has 0 spiro atoms. The van der Waals surface area contributed by atoms with Crippen molar-refractivity contribution in [3.05, 3.63) is 35.4 Å². The third-order valence-corrected chi connectivity index (χ3v) is 3.34. The van der Waals surface area contributed by atoms with Gasteiger partial charge in [-0.15, -0.1) is 0 Å². The number of hydrogen-bond donors (Lipinski definition) is 0. The normalized spacial score (nSPS) is 21.7. The van der Waals surface area contributed by atoms with Crippen LogP contribution in [-0.2, 0) is 11.2 Å². The predicted molar refractivity (Wildman–Crippen MR) is 62.0 cm³/mol. The zero-order valence-electron chi connectivity index (χ0n) is 9.33. The van der Waals surface area contributed by atoms with Crippen molar-refractivity contribution in [2.45, 2.75) is 44.9 Å². The maximum atomic E-state index is 11.4. The van der Waals surface area contributed by atoms with Crippen LogP contribution >= 0.6 is 0 Å². The topological polar surface area (TPSA) is 17.1 Å². The van der Waals surface area contributed by atoms with E-state index in [-0.39, 0.29) is 0 Å². The third-order valence-electron chi connectivity index (χ3n) is 3.34. The summed E-state index contributed by atoms with van der Waals surface area (Å²) < 4.78 is 0. The van der Waals surface area contributed by atoms with Gasteiger partial charge in [0.15, 0.2) is 0 Å². The van der Waals surface area contributed by atoms with Crippen molar-refractivity contribution in [2.75, 3.05) is 0 Å². The van der Waals surface area contributed by atoms with E-state index in [1.54, 1.807) is 0 Å². The van der Waals surface area contributed by atoms with Crippen molar-refractivity contribution in [3.8, 4) is 0 Å². The number of rotatable bonds is 2. The molecule has 2 rings (SSSR count). The van der Waals surface area contributed by atoms with Gasteiger partial charge in [-0.25, -0.2) is 0 Å². The van der Waals surface area contributed by atoms with E-state index in [4.69, 9.17) is 0 Å². The van der Waals surface area contributed by atoms with Crippen molar-refractivity contribution < 1.29 is 4.79 Å². The van der Waals surface area contributed by atoms with Gasteiger partial charge in [0.2, 0.25) is 0 Å². The van der Waals surface area contributed by atoms with Gasteiger partial charge in [-0.2, -0.15) is 0 Å². The second kappa shape index (κ2) is 4.61. The third kappa shape index (κ3) is 2.47. The number of hydrogen-bond acceptors (Lipinski definition) is 1. The largest absolute Gasteiger partial charge is 0.300 e. The highest BCUT2D eigenvalue weighted by Crippen LogP contribution is 2.30. The smallest absolute Gasteiger partial charge is 0.133 e. The summed E-state index contributed by atoms with van der Waals surface area (Å²) in [6.07, 6.45) is 4.88. The first-order chi connectivity index (χ1) is 7.29. The Hall–Kier alpha value is -1.11. The molecule has 1 atom stereocenters. The van der Waals surface area contributed by atoms with Crippen LogP contribution < -0.4 is 0 Å². The van der Waals surface area contributed by atoms with Crippen molar-refractivity contribution in [2.24, 2.45) is 0 Å². The summed E-state index contributed by atoms with van der Waals surface area (Å²) in [4.78, 5) is 11.4. The van der Waals surface area contributed by atoms with E-state index >= 15 is 0 Å². The highest BCUT2D eigenvalue weighted by molar-refractivity contribution is 5.80. The molecule has 80 valence electrons. The maximum Gasteiger partial charge on any atom is 0.133 e. The number of benzene rings is 1. The van der Waals surface area contributed by atoms with Gasteiger partial charge < -0.3 is 0 Å². The highest BCUT2D eigenvalue weighted by atomic mass is 16.1. The Morgan fingerprint density at radius 2 is 2.00 bits per heavy atom. The Balaban J connectivity index is 2.11. The summed E-state index contributed by atoms with van der Waals surface area (Å²) in [5.74, 6) is 0.919. The zero-order valence-corrected chi connectivity index (χ0v) is 9.33. The van der Waals surface area contributed by atoms with E-state index in [1.165, 1.54) is 17.5 Å². The number of Topliss-reactive ketones (excluding diaryl/α,β-unsaturated/α-hetero) is 1. The fraction of sp³-hybridized carbons (Fsp3) is 0.500. The SMILES string of the molecule is CCc1ccc([C@H]2CCCC(=O)C2)cc1. The summed E-state index contributed by atoms with van der Waals surface area (Å²) in [6.45, 7) is 2.17. The molecule has 0 unspecified atom stereocenters. The summed E-state index contributed by atoms with van der Waals surface area (Å²) >= 11 is 0. The van der Waals surface area contributed by atoms with Crippen molar-refractivity contribution >= 4 is 5.78 Å². The lowest BCUT2D eigenvalue weighted by atomic mass is 9.83. The molecule has 0 N–H and O–H groups in total. The molecule has 0 amide bonds. The quantitative estimate of drug-likeness (QED) is 0.717. The van der Waals surface area contributed by atoms with Crippen LogP contribution in [0.1, 0.15) is 49.7 Å². The average molecular weight is 202 g/mol. The van der Waals surface area contributed by atoms with Crippen LogP contribution in [0.3, 0.4) is 0 Å². The number of carbonyl (C=O) groups is 1. The minimum absolute atomic E-state index is 0.436. The summed E-state index contributed by atoms with van der Waals surface area (Å²) in [6, 6.07) is 8.77. The molecule has 1 saturated carbocycles. The molecule has 0 radical (unpaired) electrons. The molecule has 1 aliphatic rings. The van der Waals surface area contributed by atoms with E-state index in [2.05, 4.69) is 31.2 Å². The number of ketones is 1. The highest BCUT2D eigenvalue weighted by Gasteiger charge is 2.20. The molecule has 0 heterocycles. The van der Waals surface area contributed by atoms with Crippen LogP contribution in [0.4, 0.5) is 0 Å². The molecule has 0 bridgehead atoms. The first kappa shape index (κ1) is 10.4. The van der Waals surface area contributed by atoms with Gasteiger partial charge in [0.25, 0.3) is 0 Å². The monoisotopic (exact) mass is 202 g/mol. The Kier molecular flexibility index (Phi) is 3.20. The fourth-order valence-electron chi connectivity index (χ4n) is 2.33. The van der Waals surface area contributed by atoms with Crippen molar-refractivity contribution in [3.63, 3.8) is 0 Å². The molecular weight excluding hydrogens is 184 g/mol. The number of carbonyl (C=O) groups excluding carboxylic acids is 1. The average Bonchev–Trinajstić information content (AvgIpc) is 2.29. The molecule has 1 fully saturated rings. The van der Waals surface area contributed by atoms with Gasteiger partial charge in [-0.1, -0.05) is 31.2 Å². The molecule has 0 saturated heterocycles. The van der Waals surface area contributed by atoms with Gasteiger partial charge in [0, 0.05) is 12.8 Å². The van der Waals surface area contributed by atoms with Gasteiger partial charge >= 0.3 is 0 Å². The second-order valence-corrected chi connectivity index (χ2v) is 4.43. The van der Waals surface area contributed by atoms with Crippen molar-refractivity contribution in [1.29, 1.82) is 0 Å². The van der Waals surface area contributed by atoms with E-state index < -0.39 is 0 Å². The van der Waals surface area contributed by atoms with E-state index in [0.29, 0.717) is 11.7 Å². The van der Waals surface area contributed by atoms with Gasteiger partial charge in [-0.05, 0) is 36.3 Å². The molecule has 1 nitrogen and oxygen atoms in total. The maximum absolute atomic E-state index is 11.4. The van der Waals surface area contributed by atoms with Crippen LogP contribution in [0.25, 0.3) is 0 Å². The standard InChI is InChI=1S/C14H18O/c1-2-11-6-8-12(9-7-11)13-4-3-5-14(15)10-13/h6-9,13H,2-5,10H2,1H3/t13-/m0/s1. The van der Waals surface area contributed by atoms with Crippen molar-refractivity contribution in [1.82, 2.24) is 0 Å². The fourth-order valence-corrected chi connectivity index (χ4v) is 2.33. The molecule has 1 aliphatic carbocycles. The van der Waals surface area contributed by atoms with Gasteiger partial charge in [0.1, 0.15) is 5.78 Å². The second-order valence-electron chi connectivity index (χ2n) is 4.43. The minimum Gasteiger partial charge on any atom is -0.300 e. The molecular formula is C14H18O. The molecule has 1 heteroatoms. The van der Waals surface area contributed by atoms with Gasteiger partial charge in [0.05, 0.1) is 0 Å². The molecule has 1 aromatic rings.